The number of hydrogen-bond acceptors (Lipinski definition) is 3. The van der Waals surface area contributed by atoms with Crippen molar-refractivity contribution in [3.05, 3.63) is 36.5 Å². The van der Waals surface area contributed by atoms with E-state index in [1.807, 2.05) is 30.3 Å². The number of nitrogens with one attached hydrogen (secondary N) is 2. The lowest BCUT2D eigenvalue weighted by molar-refractivity contribution is 1.04. The third-order valence-electron chi connectivity index (χ3n) is 1.84. The summed E-state index contributed by atoms with van der Waals surface area (Å²) < 4.78 is 0. The van der Waals surface area contributed by atoms with Crippen molar-refractivity contribution in [2.75, 3.05) is 5.43 Å². The molecule has 0 saturated heterocycles. The first-order chi connectivity index (χ1) is 6.42. The zero-order valence-corrected chi connectivity index (χ0v) is 6.86. The smallest absolute Gasteiger partial charge is 0.155 e. The van der Waals surface area contributed by atoms with E-state index >= 15 is 0 Å². The maximum absolute atomic E-state index is 6.69. The quantitative estimate of drug-likeness (QED) is 0.540. The van der Waals surface area contributed by atoms with Crippen molar-refractivity contribution in [3.63, 3.8) is 0 Å². The summed E-state index contributed by atoms with van der Waals surface area (Å²) in [5.41, 5.74) is 9.22. The van der Waals surface area contributed by atoms with Crippen LogP contribution in [0.5, 0.6) is 0 Å². The zero-order valence-electron chi connectivity index (χ0n) is 6.86. The number of hydrogen-bond donors (Lipinski definition) is 2. The minimum atomic E-state index is 0.619. The highest BCUT2D eigenvalue weighted by Gasteiger charge is 1.98. The molecule has 1 aromatic carbocycles. The highest BCUT2D eigenvalue weighted by atomic mass is 15.4. The van der Waals surface area contributed by atoms with Gasteiger partial charge in [0.2, 0.25) is 0 Å². The van der Waals surface area contributed by atoms with E-state index < -0.39 is 0 Å². The molecule has 2 aromatic rings. The minimum absolute atomic E-state index is 0.619. The minimum Gasteiger partial charge on any atom is -0.242 e. The molecule has 0 radical (unpaired) electrons. The van der Waals surface area contributed by atoms with Crippen molar-refractivity contribution in [1.82, 2.24) is 4.98 Å². The van der Waals surface area contributed by atoms with Crippen LogP contribution in [0.4, 0.5) is 5.82 Å². The lowest BCUT2D eigenvalue weighted by Gasteiger charge is -2.01. The second-order valence-electron chi connectivity index (χ2n) is 2.60. The number of fused-ring (bicyclic) bond motifs is 1. The maximum Gasteiger partial charge on any atom is 0.155 e. The summed E-state index contributed by atoms with van der Waals surface area (Å²) in [4.78, 5) is 4.07. The molecule has 2 N–H and O–H groups in total. The predicted molar refractivity (Wildman–Crippen MR) is 50.5 cm³/mol. The number of pyridine rings is 1. The van der Waals surface area contributed by atoms with E-state index in [9.17, 15) is 0 Å². The van der Waals surface area contributed by atoms with Gasteiger partial charge in [-0.2, -0.15) is 5.53 Å². The van der Waals surface area contributed by atoms with Gasteiger partial charge in [-0.25, -0.2) is 10.4 Å². The number of nitrogens with zero attached hydrogens (tertiary/aromatic N) is 2. The molecule has 1 heterocycles. The number of benzene rings is 1. The van der Waals surface area contributed by atoms with E-state index in [4.69, 9.17) is 5.53 Å². The van der Waals surface area contributed by atoms with E-state index in [0.29, 0.717) is 5.82 Å². The van der Waals surface area contributed by atoms with Crippen LogP contribution in [0.25, 0.3) is 10.8 Å². The molecule has 2 rings (SSSR count). The van der Waals surface area contributed by atoms with Crippen LogP contribution in [-0.2, 0) is 0 Å². The van der Waals surface area contributed by atoms with Gasteiger partial charge < -0.3 is 0 Å². The summed E-state index contributed by atoms with van der Waals surface area (Å²) in [7, 11) is 0. The van der Waals surface area contributed by atoms with Gasteiger partial charge in [0.05, 0.1) is 0 Å². The van der Waals surface area contributed by atoms with E-state index in [0.717, 1.165) is 10.8 Å². The fourth-order valence-corrected chi connectivity index (χ4v) is 1.26. The molecule has 0 aliphatic rings. The van der Waals surface area contributed by atoms with Gasteiger partial charge >= 0.3 is 0 Å². The highest BCUT2D eigenvalue weighted by Crippen LogP contribution is 2.19. The maximum atomic E-state index is 6.69. The second kappa shape index (κ2) is 3.18. The second-order valence-corrected chi connectivity index (χ2v) is 2.60. The van der Waals surface area contributed by atoms with Gasteiger partial charge in [-0.05, 0) is 11.5 Å². The molecule has 64 valence electrons. The Kier molecular flexibility index (Phi) is 1.88. The Morgan fingerprint density at radius 1 is 1.23 bits per heavy atom. The average molecular weight is 172 g/mol. The topological polar surface area (TPSA) is 61.1 Å². The van der Waals surface area contributed by atoms with Crippen LogP contribution in [0.3, 0.4) is 0 Å². The lowest BCUT2D eigenvalue weighted by atomic mass is 10.2. The first kappa shape index (κ1) is 7.67. The third-order valence-corrected chi connectivity index (χ3v) is 1.84. The molecule has 0 aliphatic carbocycles. The Bertz CT molecular complexity index is 433. The molecular formula is C9H8N4. The van der Waals surface area contributed by atoms with E-state index in [1.54, 1.807) is 6.20 Å². The lowest BCUT2D eigenvalue weighted by Crippen LogP contribution is -1.90. The Balaban J connectivity index is 2.68. The normalized spacial score (nSPS) is 9.85. The first-order valence-electron chi connectivity index (χ1n) is 3.88. The largest absolute Gasteiger partial charge is 0.242 e. The Morgan fingerprint density at radius 2 is 2.08 bits per heavy atom. The van der Waals surface area contributed by atoms with Crippen LogP contribution in [0, 0.1) is 5.53 Å². The van der Waals surface area contributed by atoms with Gasteiger partial charge in [-0.15, -0.1) is 0 Å². The fourth-order valence-electron chi connectivity index (χ4n) is 1.26. The van der Waals surface area contributed by atoms with Crippen LogP contribution >= 0.6 is 0 Å². The SMILES string of the molecule is N=NNc1nccc2ccccc12. The monoisotopic (exact) mass is 172 g/mol. The standard InChI is InChI=1S/C9H8N4/c10-13-12-9-8-4-2-1-3-7(8)5-6-11-9/h1-6H,(H2,10,11,12). The summed E-state index contributed by atoms with van der Waals surface area (Å²) in [5, 5.41) is 5.15. The van der Waals surface area contributed by atoms with Crippen molar-refractivity contribution >= 4 is 16.6 Å². The molecule has 0 fully saturated rings. The molecule has 0 saturated carbocycles. The van der Waals surface area contributed by atoms with Gasteiger partial charge in [0.15, 0.2) is 5.82 Å². The molecule has 0 atom stereocenters. The molecule has 0 bridgehead atoms. The summed E-state index contributed by atoms with van der Waals surface area (Å²) >= 11 is 0. The number of aromatic nitrogens is 1. The summed E-state index contributed by atoms with van der Waals surface area (Å²) in [6.45, 7) is 0. The van der Waals surface area contributed by atoms with Crippen LogP contribution in [0.1, 0.15) is 0 Å². The molecule has 1 aromatic heterocycles. The Labute approximate surface area is 75.1 Å². The summed E-state index contributed by atoms with van der Waals surface area (Å²) in [6.07, 6.45) is 1.69. The van der Waals surface area contributed by atoms with Crippen molar-refractivity contribution in [3.8, 4) is 0 Å². The van der Waals surface area contributed by atoms with Crippen LogP contribution in [0.2, 0.25) is 0 Å². The fraction of sp³-hybridized carbons (Fsp3) is 0. The molecule has 0 aliphatic heterocycles. The van der Waals surface area contributed by atoms with Crippen molar-refractivity contribution in [2.24, 2.45) is 5.22 Å². The third kappa shape index (κ3) is 1.33. The van der Waals surface area contributed by atoms with Crippen LogP contribution in [0.15, 0.2) is 41.8 Å². The molecule has 13 heavy (non-hydrogen) atoms. The molecule has 0 spiro atoms. The van der Waals surface area contributed by atoms with Gasteiger partial charge in [-0.3, -0.25) is 0 Å². The van der Waals surface area contributed by atoms with Crippen LogP contribution in [-0.4, -0.2) is 4.98 Å². The Hall–Kier alpha value is -1.97. The van der Waals surface area contributed by atoms with Gasteiger partial charge in [0.1, 0.15) is 0 Å². The van der Waals surface area contributed by atoms with Crippen molar-refractivity contribution in [2.45, 2.75) is 0 Å². The highest BCUT2D eigenvalue weighted by molar-refractivity contribution is 5.91. The van der Waals surface area contributed by atoms with E-state index in [-0.39, 0.29) is 0 Å². The number of anilines is 1. The van der Waals surface area contributed by atoms with E-state index in [1.165, 1.54) is 0 Å². The van der Waals surface area contributed by atoms with Gasteiger partial charge in [0.25, 0.3) is 0 Å². The Morgan fingerprint density at radius 3 is 2.92 bits per heavy atom. The molecular weight excluding hydrogens is 164 g/mol. The molecule has 4 nitrogen and oxygen atoms in total. The molecule has 4 heteroatoms. The number of rotatable bonds is 2. The van der Waals surface area contributed by atoms with Gasteiger partial charge in [0, 0.05) is 11.6 Å². The summed E-state index contributed by atoms with van der Waals surface area (Å²) in [6, 6.07) is 9.75. The van der Waals surface area contributed by atoms with Crippen molar-refractivity contribution in [1.29, 1.82) is 5.53 Å². The van der Waals surface area contributed by atoms with Crippen LogP contribution < -0.4 is 5.43 Å². The predicted octanol–water partition coefficient (Wildman–Crippen LogP) is 2.59. The molecule has 0 unspecified atom stereocenters. The van der Waals surface area contributed by atoms with Gasteiger partial charge in [-0.1, -0.05) is 29.5 Å². The molecule has 0 amide bonds. The van der Waals surface area contributed by atoms with E-state index in [2.05, 4.69) is 15.6 Å². The summed E-state index contributed by atoms with van der Waals surface area (Å²) in [5.74, 6) is 0.619. The first-order valence-corrected chi connectivity index (χ1v) is 3.88. The van der Waals surface area contributed by atoms with Crippen molar-refractivity contribution < 1.29 is 0 Å². The average Bonchev–Trinajstić information content (AvgIpc) is 2.19. The zero-order chi connectivity index (χ0) is 9.10.